The summed E-state index contributed by atoms with van der Waals surface area (Å²) in [6.45, 7) is 4.78. The van der Waals surface area contributed by atoms with Gasteiger partial charge in [0.25, 0.3) is 10.0 Å². The molecule has 1 aromatic heterocycles. The van der Waals surface area contributed by atoms with Gasteiger partial charge in [0.15, 0.2) is 5.13 Å². The number of aryl methyl sites for hydroxylation is 1. The van der Waals surface area contributed by atoms with Gasteiger partial charge in [-0.05, 0) is 32.0 Å². The van der Waals surface area contributed by atoms with E-state index >= 15 is 0 Å². The second kappa shape index (κ2) is 8.02. The minimum absolute atomic E-state index is 0.0209. The van der Waals surface area contributed by atoms with Crippen LogP contribution in [-0.4, -0.2) is 31.9 Å². The first-order valence-electron chi connectivity index (χ1n) is 7.38. The summed E-state index contributed by atoms with van der Waals surface area (Å²) >= 11 is 6.90. The summed E-state index contributed by atoms with van der Waals surface area (Å²) in [7, 11) is -4.03. The second-order valence-corrected chi connectivity index (χ2v) is 8.14. The summed E-state index contributed by atoms with van der Waals surface area (Å²) in [6.07, 6.45) is 0. The van der Waals surface area contributed by atoms with E-state index in [0.717, 1.165) is 11.3 Å². The van der Waals surface area contributed by atoms with Crippen LogP contribution in [0.1, 0.15) is 29.2 Å². The van der Waals surface area contributed by atoms with Crippen molar-refractivity contribution in [1.29, 1.82) is 0 Å². The molecule has 0 saturated heterocycles. The maximum absolute atomic E-state index is 12.5. The molecule has 0 aliphatic carbocycles. The van der Waals surface area contributed by atoms with Gasteiger partial charge in [0.05, 0.1) is 17.3 Å². The standard InChI is InChI=1S/C15H16ClN3O5S2/c1-4-24-14(21)13-8(2)17-15(25-13)19-26(22,23)12-6-5-10(7-11(12)16)18-9(3)20/h5-7H,4H2,1-3H3,(H,17,19)(H,18,20). The smallest absolute Gasteiger partial charge is 0.350 e. The van der Waals surface area contributed by atoms with Crippen LogP contribution in [-0.2, 0) is 19.6 Å². The number of carbonyl (C=O) groups is 2. The van der Waals surface area contributed by atoms with Crippen LogP contribution < -0.4 is 10.0 Å². The molecule has 2 rings (SSSR count). The lowest BCUT2D eigenvalue weighted by Crippen LogP contribution is -2.14. The topological polar surface area (TPSA) is 114 Å². The van der Waals surface area contributed by atoms with Gasteiger partial charge in [0, 0.05) is 12.6 Å². The fourth-order valence-electron chi connectivity index (χ4n) is 2.00. The Hall–Kier alpha value is -2.17. The first kappa shape index (κ1) is 20.1. The van der Waals surface area contributed by atoms with E-state index in [1.54, 1.807) is 13.8 Å². The van der Waals surface area contributed by atoms with Crippen LogP contribution in [0.15, 0.2) is 23.1 Å². The van der Waals surface area contributed by atoms with Crippen molar-refractivity contribution in [3.8, 4) is 0 Å². The van der Waals surface area contributed by atoms with Gasteiger partial charge in [0.2, 0.25) is 5.91 Å². The molecular formula is C15H16ClN3O5S2. The number of carbonyl (C=O) groups excluding carboxylic acids is 2. The predicted octanol–water partition coefficient (Wildman–Crippen LogP) is 3.04. The van der Waals surface area contributed by atoms with Crippen LogP contribution in [0.25, 0.3) is 0 Å². The number of sulfonamides is 1. The van der Waals surface area contributed by atoms with Crippen LogP contribution in [0.3, 0.4) is 0 Å². The van der Waals surface area contributed by atoms with E-state index in [0.29, 0.717) is 11.4 Å². The molecule has 0 atom stereocenters. The highest BCUT2D eigenvalue weighted by Gasteiger charge is 2.23. The molecule has 0 unspecified atom stereocenters. The molecule has 0 aliphatic rings. The van der Waals surface area contributed by atoms with E-state index in [9.17, 15) is 18.0 Å². The van der Waals surface area contributed by atoms with Crippen LogP contribution in [0.4, 0.5) is 10.8 Å². The number of thiazole rings is 1. The van der Waals surface area contributed by atoms with E-state index in [-0.39, 0.29) is 32.4 Å². The quantitative estimate of drug-likeness (QED) is 0.698. The number of anilines is 2. The van der Waals surface area contributed by atoms with Gasteiger partial charge < -0.3 is 10.1 Å². The first-order chi connectivity index (χ1) is 12.1. The highest BCUT2D eigenvalue weighted by atomic mass is 35.5. The number of halogens is 1. The van der Waals surface area contributed by atoms with Crippen molar-refractivity contribution in [2.75, 3.05) is 16.6 Å². The zero-order valence-corrected chi connectivity index (χ0v) is 16.5. The van der Waals surface area contributed by atoms with Crippen molar-refractivity contribution in [3.05, 3.63) is 33.8 Å². The molecule has 0 bridgehead atoms. The Labute approximate surface area is 159 Å². The highest BCUT2D eigenvalue weighted by molar-refractivity contribution is 7.93. The number of benzene rings is 1. The van der Waals surface area contributed by atoms with Gasteiger partial charge in [-0.2, -0.15) is 0 Å². The maximum Gasteiger partial charge on any atom is 0.350 e. The first-order valence-corrected chi connectivity index (χ1v) is 10.1. The number of aromatic nitrogens is 1. The minimum atomic E-state index is -4.03. The number of nitrogens with one attached hydrogen (secondary N) is 2. The molecule has 0 radical (unpaired) electrons. The molecule has 1 aromatic carbocycles. The number of hydrogen-bond donors (Lipinski definition) is 2. The largest absolute Gasteiger partial charge is 0.462 e. The third-order valence-corrected chi connectivity index (χ3v) is 6.02. The predicted molar refractivity (Wildman–Crippen MR) is 99.4 cm³/mol. The number of amides is 1. The van der Waals surface area contributed by atoms with E-state index < -0.39 is 16.0 Å². The Balaban J connectivity index is 2.28. The molecule has 8 nitrogen and oxygen atoms in total. The van der Waals surface area contributed by atoms with E-state index in [2.05, 4.69) is 15.0 Å². The molecule has 0 saturated carbocycles. The molecule has 26 heavy (non-hydrogen) atoms. The summed E-state index contributed by atoms with van der Waals surface area (Å²) in [5.74, 6) is -0.870. The van der Waals surface area contributed by atoms with Gasteiger partial charge in [-0.25, -0.2) is 18.2 Å². The van der Waals surface area contributed by atoms with E-state index in [1.165, 1.54) is 25.1 Å². The van der Waals surface area contributed by atoms with Gasteiger partial charge in [-0.3, -0.25) is 9.52 Å². The van der Waals surface area contributed by atoms with Crippen molar-refractivity contribution < 1.29 is 22.7 Å². The Bertz CT molecular complexity index is 956. The molecule has 2 N–H and O–H groups in total. The fourth-order valence-corrected chi connectivity index (χ4v) is 4.64. The molecule has 0 spiro atoms. The number of rotatable bonds is 6. The summed E-state index contributed by atoms with van der Waals surface area (Å²) in [5, 5.41) is 2.46. The average Bonchev–Trinajstić information content (AvgIpc) is 2.86. The monoisotopic (exact) mass is 417 g/mol. The molecule has 0 fully saturated rings. The summed E-state index contributed by atoms with van der Waals surface area (Å²) < 4.78 is 32.3. The minimum Gasteiger partial charge on any atom is -0.462 e. The summed E-state index contributed by atoms with van der Waals surface area (Å²) in [5.41, 5.74) is 0.731. The van der Waals surface area contributed by atoms with Crippen molar-refractivity contribution in [1.82, 2.24) is 4.98 Å². The number of nitrogens with zero attached hydrogens (tertiary/aromatic N) is 1. The normalized spacial score (nSPS) is 11.1. The number of ether oxygens (including phenoxy) is 1. The maximum atomic E-state index is 12.5. The van der Waals surface area contributed by atoms with E-state index in [1.807, 2.05) is 0 Å². The Kier molecular flexibility index (Phi) is 6.21. The van der Waals surface area contributed by atoms with Crippen molar-refractivity contribution >= 4 is 55.7 Å². The Morgan fingerprint density at radius 2 is 2.04 bits per heavy atom. The third-order valence-electron chi connectivity index (χ3n) is 3.02. The third kappa shape index (κ3) is 4.71. The van der Waals surface area contributed by atoms with Crippen molar-refractivity contribution in [2.45, 2.75) is 25.7 Å². The molecular weight excluding hydrogens is 402 g/mol. The molecule has 1 heterocycles. The van der Waals surface area contributed by atoms with Gasteiger partial charge in [-0.15, -0.1) is 0 Å². The van der Waals surface area contributed by atoms with Gasteiger partial charge >= 0.3 is 5.97 Å². The molecule has 11 heteroatoms. The summed E-state index contributed by atoms with van der Waals surface area (Å²) in [4.78, 5) is 26.9. The lowest BCUT2D eigenvalue weighted by Gasteiger charge is -2.09. The number of hydrogen-bond acceptors (Lipinski definition) is 7. The van der Waals surface area contributed by atoms with Gasteiger partial charge in [-0.1, -0.05) is 22.9 Å². The number of esters is 1. The average molecular weight is 418 g/mol. The molecule has 2 aromatic rings. The van der Waals surface area contributed by atoms with E-state index in [4.69, 9.17) is 16.3 Å². The zero-order valence-electron chi connectivity index (χ0n) is 14.1. The van der Waals surface area contributed by atoms with Crippen LogP contribution in [0, 0.1) is 6.92 Å². The SMILES string of the molecule is CCOC(=O)c1sc(NS(=O)(=O)c2ccc(NC(C)=O)cc2Cl)nc1C. The van der Waals surface area contributed by atoms with Crippen molar-refractivity contribution in [2.24, 2.45) is 0 Å². The summed E-state index contributed by atoms with van der Waals surface area (Å²) in [6, 6.07) is 4.01. The Morgan fingerprint density at radius 1 is 1.35 bits per heavy atom. The lowest BCUT2D eigenvalue weighted by molar-refractivity contribution is -0.114. The zero-order chi connectivity index (χ0) is 19.5. The molecule has 140 valence electrons. The molecule has 0 aliphatic heterocycles. The second-order valence-electron chi connectivity index (χ2n) is 5.09. The lowest BCUT2D eigenvalue weighted by atomic mass is 10.3. The van der Waals surface area contributed by atoms with Crippen LogP contribution in [0.5, 0.6) is 0 Å². The Morgan fingerprint density at radius 3 is 2.62 bits per heavy atom. The highest BCUT2D eigenvalue weighted by Crippen LogP contribution is 2.29. The van der Waals surface area contributed by atoms with Gasteiger partial charge in [0.1, 0.15) is 9.77 Å². The molecule has 1 amide bonds. The van der Waals surface area contributed by atoms with Crippen LogP contribution >= 0.6 is 22.9 Å². The van der Waals surface area contributed by atoms with Crippen molar-refractivity contribution in [3.63, 3.8) is 0 Å². The van der Waals surface area contributed by atoms with Crippen LogP contribution in [0.2, 0.25) is 5.02 Å². The fraction of sp³-hybridized carbons (Fsp3) is 0.267.